The van der Waals surface area contributed by atoms with Crippen LogP contribution in [0.4, 0.5) is 5.69 Å². The number of carbonyl (C=O) groups is 1. The zero-order valence-corrected chi connectivity index (χ0v) is 18.0. The predicted molar refractivity (Wildman–Crippen MR) is 119 cm³/mol. The standard InChI is InChI=1S/C25H34N2O2/c1-4-24(28)29-25(22-12-8-6-9-13-22)16-17-26(20-21(25)3)18-19-27(5-2)23-14-10-7-11-15-23/h6-15,21H,4-5,16-20H2,1-3H3. The second kappa shape index (κ2) is 9.93. The summed E-state index contributed by atoms with van der Waals surface area (Å²) in [6, 6.07) is 20.9. The van der Waals surface area contributed by atoms with Crippen LogP contribution in [0.25, 0.3) is 0 Å². The number of esters is 1. The highest BCUT2D eigenvalue weighted by Gasteiger charge is 2.45. The van der Waals surface area contributed by atoms with E-state index >= 15 is 0 Å². The summed E-state index contributed by atoms with van der Waals surface area (Å²) in [5.41, 5.74) is 1.87. The fourth-order valence-corrected chi connectivity index (χ4v) is 4.41. The molecule has 2 aromatic rings. The lowest BCUT2D eigenvalue weighted by Crippen LogP contribution is -2.52. The van der Waals surface area contributed by atoms with Crippen LogP contribution in [-0.4, -0.2) is 43.6 Å². The number of likely N-dealkylation sites (tertiary alicyclic amines) is 1. The number of para-hydroxylation sites is 1. The number of ether oxygens (including phenoxy) is 1. The smallest absolute Gasteiger partial charge is 0.306 e. The lowest BCUT2D eigenvalue weighted by molar-refractivity contribution is -0.175. The molecule has 1 heterocycles. The van der Waals surface area contributed by atoms with Crippen molar-refractivity contribution in [3.05, 3.63) is 66.2 Å². The summed E-state index contributed by atoms with van der Waals surface area (Å²) in [5.74, 6) is 0.122. The minimum atomic E-state index is -0.519. The quantitative estimate of drug-likeness (QED) is 0.608. The third-order valence-corrected chi connectivity index (χ3v) is 6.16. The molecule has 0 amide bonds. The zero-order chi connectivity index (χ0) is 20.7. The van der Waals surface area contributed by atoms with Gasteiger partial charge in [0.05, 0.1) is 0 Å². The first-order chi connectivity index (χ1) is 14.1. The van der Waals surface area contributed by atoms with E-state index in [1.807, 2.05) is 25.1 Å². The summed E-state index contributed by atoms with van der Waals surface area (Å²) in [6.45, 7) is 11.2. The van der Waals surface area contributed by atoms with Crippen molar-refractivity contribution in [2.75, 3.05) is 37.6 Å². The Morgan fingerprint density at radius 1 is 1.10 bits per heavy atom. The Morgan fingerprint density at radius 3 is 2.34 bits per heavy atom. The highest BCUT2D eigenvalue weighted by molar-refractivity contribution is 5.69. The molecule has 2 atom stereocenters. The molecule has 1 aliphatic heterocycles. The van der Waals surface area contributed by atoms with Crippen molar-refractivity contribution >= 4 is 11.7 Å². The van der Waals surface area contributed by atoms with E-state index in [1.165, 1.54) is 5.69 Å². The van der Waals surface area contributed by atoms with Gasteiger partial charge in [0, 0.05) is 57.2 Å². The molecule has 1 fully saturated rings. The second-order valence-corrected chi connectivity index (χ2v) is 7.95. The normalized spacial score (nSPS) is 22.2. The fourth-order valence-electron chi connectivity index (χ4n) is 4.41. The van der Waals surface area contributed by atoms with Gasteiger partial charge in [-0.3, -0.25) is 4.79 Å². The van der Waals surface area contributed by atoms with Crippen LogP contribution < -0.4 is 4.90 Å². The Bertz CT molecular complexity index is 765. The molecule has 4 nitrogen and oxygen atoms in total. The summed E-state index contributed by atoms with van der Waals surface area (Å²) in [5, 5.41) is 0. The molecule has 3 rings (SSSR count). The second-order valence-electron chi connectivity index (χ2n) is 7.95. The van der Waals surface area contributed by atoms with Gasteiger partial charge in [-0.05, 0) is 24.6 Å². The molecule has 2 aromatic carbocycles. The van der Waals surface area contributed by atoms with Gasteiger partial charge in [0.25, 0.3) is 0 Å². The van der Waals surface area contributed by atoms with Crippen LogP contribution in [0.1, 0.15) is 39.2 Å². The van der Waals surface area contributed by atoms with Crippen LogP contribution >= 0.6 is 0 Å². The first kappa shape index (κ1) is 21.4. The van der Waals surface area contributed by atoms with Gasteiger partial charge in [-0.25, -0.2) is 0 Å². The number of anilines is 1. The molecule has 0 bridgehead atoms. The van der Waals surface area contributed by atoms with Crippen LogP contribution in [0.5, 0.6) is 0 Å². The van der Waals surface area contributed by atoms with Crippen molar-refractivity contribution in [3.8, 4) is 0 Å². The third kappa shape index (κ3) is 4.99. The minimum Gasteiger partial charge on any atom is -0.454 e. The molecule has 2 unspecified atom stereocenters. The molecule has 156 valence electrons. The number of carbonyl (C=O) groups excluding carboxylic acids is 1. The van der Waals surface area contributed by atoms with E-state index < -0.39 is 5.60 Å². The topological polar surface area (TPSA) is 32.8 Å². The van der Waals surface area contributed by atoms with E-state index in [0.717, 1.165) is 44.7 Å². The first-order valence-corrected chi connectivity index (χ1v) is 10.9. The Morgan fingerprint density at radius 2 is 1.76 bits per heavy atom. The Kier molecular flexibility index (Phi) is 7.32. The van der Waals surface area contributed by atoms with Gasteiger partial charge < -0.3 is 14.5 Å². The van der Waals surface area contributed by atoms with Crippen LogP contribution in [0.2, 0.25) is 0 Å². The van der Waals surface area contributed by atoms with Crippen molar-refractivity contribution < 1.29 is 9.53 Å². The first-order valence-electron chi connectivity index (χ1n) is 10.9. The van der Waals surface area contributed by atoms with Gasteiger partial charge >= 0.3 is 5.97 Å². The third-order valence-electron chi connectivity index (χ3n) is 6.16. The molecule has 4 heteroatoms. The van der Waals surface area contributed by atoms with E-state index in [-0.39, 0.29) is 11.9 Å². The zero-order valence-electron chi connectivity index (χ0n) is 18.0. The SMILES string of the molecule is CCC(=O)OC1(c2ccccc2)CCN(CCN(CC)c2ccccc2)CC1C. The van der Waals surface area contributed by atoms with Crippen LogP contribution in [0.15, 0.2) is 60.7 Å². The van der Waals surface area contributed by atoms with E-state index in [2.05, 4.69) is 66.1 Å². The lowest BCUT2D eigenvalue weighted by Gasteiger charge is -2.46. The molecule has 0 saturated carbocycles. The van der Waals surface area contributed by atoms with E-state index in [9.17, 15) is 4.79 Å². The van der Waals surface area contributed by atoms with Crippen LogP contribution in [0, 0.1) is 5.92 Å². The molecule has 29 heavy (non-hydrogen) atoms. The maximum absolute atomic E-state index is 12.3. The van der Waals surface area contributed by atoms with Crippen molar-refractivity contribution in [3.63, 3.8) is 0 Å². The molecule has 0 N–H and O–H groups in total. The molecule has 0 radical (unpaired) electrons. The number of rotatable bonds is 8. The molecular weight excluding hydrogens is 360 g/mol. The van der Waals surface area contributed by atoms with Gasteiger partial charge in [0.2, 0.25) is 0 Å². The lowest BCUT2D eigenvalue weighted by atomic mass is 9.76. The number of hydrogen-bond acceptors (Lipinski definition) is 4. The van der Waals surface area contributed by atoms with Gasteiger partial charge in [-0.2, -0.15) is 0 Å². The molecule has 0 spiro atoms. The minimum absolute atomic E-state index is 0.115. The van der Waals surface area contributed by atoms with Crippen LogP contribution in [0.3, 0.4) is 0 Å². The van der Waals surface area contributed by atoms with Gasteiger partial charge in [0.1, 0.15) is 5.60 Å². The Labute approximate surface area is 175 Å². The van der Waals surface area contributed by atoms with Crippen molar-refractivity contribution in [2.45, 2.75) is 39.2 Å². The van der Waals surface area contributed by atoms with Crippen molar-refractivity contribution in [2.24, 2.45) is 5.92 Å². The number of likely N-dealkylation sites (N-methyl/N-ethyl adjacent to an activating group) is 1. The molecule has 1 aliphatic rings. The number of benzene rings is 2. The predicted octanol–water partition coefficient (Wildman–Crippen LogP) is 4.70. The summed E-state index contributed by atoms with van der Waals surface area (Å²) < 4.78 is 6.11. The van der Waals surface area contributed by atoms with E-state index in [4.69, 9.17) is 4.74 Å². The van der Waals surface area contributed by atoms with E-state index in [0.29, 0.717) is 6.42 Å². The van der Waals surface area contributed by atoms with Crippen molar-refractivity contribution in [1.29, 1.82) is 0 Å². The van der Waals surface area contributed by atoms with Gasteiger partial charge in [0.15, 0.2) is 0 Å². The molecule has 0 aromatic heterocycles. The molecular formula is C25H34N2O2. The molecule has 1 saturated heterocycles. The van der Waals surface area contributed by atoms with Gasteiger partial charge in [-0.15, -0.1) is 0 Å². The number of nitrogens with zero attached hydrogens (tertiary/aromatic N) is 2. The van der Waals surface area contributed by atoms with E-state index in [1.54, 1.807) is 0 Å². The van der Waals surface area contributed by atoms with Crippen molar-refractivity contribution in [1.82, 2.24) is 4.90 Å². The monoisotopic (exact) mass is 394 g/mol. The van der Waals surface area contributed by atoms with Gasteiger partial charge in [-0.1, -0.05) is 62.4 Å². The average molecular weight is 395 g/mol. The van der Waals surface area contributed by atoms with Crippen LogP contribution in [-0.2, 0) is 15.1 Å². The molecule has 0 aliphatic carbocycles. The largest absolute Gasteiger partial charge is 0.454 e. The maximum Gasteiger partial charge on any atom is 0.306 e. The number of piperidine rings is 1. The fraction of sp³-hybridized carbons (Fsp3) is 0.480. The number of hydrogen-bond donors (Lipinski definition) is 0. The maximum atomic E-state index is 12.3. The summed E-state index contributed by atoms with van der Waals surface area (Å²) in [6.07, 6.45) is 1.24. The Balaban J connectivity index is 1.68. The highest BCUT2D eigenvalue weighted by Crippen LogP contribution is 2.41. The average Bonchev–Trinajstić information content (AvgIpc) is 2.77. The summed E-state index contributed by atoms with van der Waals surface area (Å²) >= 11 is 0. The summed E-state index contributed by atoms with van der Waals surface area (Å²) in [4.78, 5) is 17.2. The Hall–Kier alpha value is -2.33. The summed E-state index contributed by atoms with van der Waals surface area (Å²) in [7, 11) is 0. The highest BCUT2D eigenvalue weighted by atomic mass is 16.6.